The van der Waals surface area contributed by atoms with Gasteiger partial charge in [-0.3, -0.25) is 4.98 Å². The lowest BCUT2D eigenvalue weighted by Gasteiger charge is -2.14. The van der Waals surface area contributed by atoms with Crippen LogP contribution in [0.3, 0.4) is 0 Å². The highest BCUT2D eigenvalue weighted by molar-refractivity contribution is 7.89. The Morgan fingerprint density at radius 2 is 1.61 bits per heavy atom. The fourth-order valence-electron chi connectivity index (χ4n) is 2.71. The van der Waals surface area contributed by atoms with Crippen LogP contribution in [0.15, 0.2) is 78.0 Å². The summed E-state index contributed by atoms with van der Waals surface area (Å²) in [7, 11) is -4.03. The summed E-state index contributed by atoms with van der Waals surface area (Å²) >= 11 is 0. The molecule has 2 amide bonds. The van der Waals surface area contributed by atoms with Crippen LogP contribution in [0.2, 0.25) is 0 Å². The number of hydrogen-bond donors (Lipinski definition) is 3. The van der Waals surface area contributed by atoms with Crippen molar-refractivity contribution in [2.75, 3.05) is 5.32 Å². The van der Waals surface area contributed by atoms with Crippen LogP contribution in [-0.2, 0) is 23.1 Å². The Balaban J connectivity index is 1.58. The average molecular weight is 480 g/mol. The third-order valence-corrected chi connectivity index (χ3v) is 5.69. The SMILES string of the molecule is O=C(NCc1ccncc1)Nc1ccc(S(=O)(=O)NCc2ccccc2OC(F)(F)F)cc1. The number of benzene rings is 2. The summed E-state index contributed by atoms with van der Waals surface area (Å²) in [4.78, 5) is 15.8. The number of urea groups is 1. The summed E-state index contributed by atoms with van der Waals surface area (Å²) in [6.45, 7) is -0.129. The summed E-state index contributed by atoms with van der Waals surface area (Å²) in [5, 5.41) is 5.23. The number of hydrogen-bond acceptors (Lipinski definition) is 5. The molecular formula is C21H19F3N4O4S. The van der Waals surface area contributed by atoms with E-state index in [0.29, 0.717) is 5.69 Å². The number of ether oxygens (including phenoxy) is 1. The van der Waals surface area contributed by atoms with E-state index in [1.807, 2.05) is 0 Å². The Morgan fingerprint density at radius 3 is 2.27 bits per heavy atom. The molecule has 1 heterocycles. The predicted octanol–water partition coefficient (Wildman–Crippen LogP) is 3.78. The number of para-hydroxylation sites is 1. The first kappa shape index (κ1) is 24.0. The smallest absolute Gasteiger partial charge is 0.405 e. The van der Waals surface area contributed by atoms with Gasteiger partial charge >= 0.3 is 12.4 Å². The van der Waals surface area contributed by atoms with Gasteiger partial charge in [0.2, 0.25) is 10.0 Å². The molecule has 12 heteroatoms. The quantitative estimate of drug-likeness (QED) is 0.455. The molecule has 0 radical (unpaired) electrons. The van der Waals surface area contributed by atoms with Crippen LogP contribution >= 0.6 is 0 Å². The summed E-state index contributed by atoms with van der Waals surface area (Å²) in [5.74, 6) is -0.495. The number of alkyl halides is 3. The Bertz CT molecular complexity index is 1190. The summed E-state index contributed by atoms with van der Waals surface area (Å²) in [6, 6.07) is 13.5. The topological polar surface area (TPSA) is 109 Å². The van der Waals surface area contributed by atoms with Crippen molar-refractivity contribution in [1.29, 1.82) is 0 Å². The van der Waals surface area contributed by atoms with Gasteiger partial charge < -0.3 is 15.4 Å². The normalized spacial score (nSPS) is 11.6. The monoisotopic (exact) mass is 480 g/mol. The van der Waals surface area contributed by atoms with Crippen molar-refractivity contribution >= 4 is 21.7 Å². The summed E-state index contributed by atoms with van der Waals surface area (Å²) < 4.78 is 68.8. The second-order valence-electron chi connectivity index (χ2n) is 6.67. The Kier molecular flexibility index (Phi) is 7.51. The zero-order valence-electron chi connectivity index (χ0n) is 17.0. The number of halogens is 3. The van der Waals surface area contributed by atoms with Gasteiger partial charge in [-0.2, -0.15) is 0 Å². The van der Waals surface area contributed by atoms with E-state index in [1.165, 1.54) is 42.5 Å². The zero-order chi connectivity index (χ0) is 23.9. The Hall–Kier alpha value is -3.64. The lowest BCUT2D eigenvalue weighted by atomic mass is 10.2. The van der Waals surface area contributed by atoms with Crippen LogP contribution in [0.5, 0.6) is 5.75 Å². The molecule has 3 aromatic rings. The van der Waals surface area contributed by atoms with Gasteiger partial charge in [0, 0.05) is 36.7 Å². The first-order valence-corrected chi connectivity index (χ1v) is 11.0. The van der Waals surface area contributed by atoms with Crippen molar-refractivity contribution in [1.82, 2.24) is 15.0 Å². The van der Waals surface area contributed by atoms with Gasteiger partial charge in [0.15, 0.2) is 0 Å². The standard InChI is InChI=1S/C21H19F3N4O4S/c22-21(23,24)32-19-4-2-1-3-16(19)14-27-33(30,31)18-7-5-17(6-8-18)28-20(29)26-13-15-9-11-25-12-10-15/h1-12,27H,13-14H2,(H2,26,28,29). The Morgan fingerprint density at radius 1 is 0.939 bits per heavy atom. The number of nitrogens with zero attached hydrogens (tertiary/aromatic N) is 1. The molecule has 0 unspecified atom stereocenters. The van der Waals surface area contributed by atoms with E-state index in [-0.39, 0.29) is 17.0 Å². The van der Waals surface area contributed by atoms with Crippen molar-refractivity contribution in [2.24, 2.45) is 0 Å². The third-order valence-electron chi connectivity index (χ3n) is 4.28. The van der Waals surface area contributed by atoms with Crippen molar-refractivity contribution in [3.05, 3.63) is 84.2 Å². The number of carbonyl (C=O) groups is 1. The highest BCUT2D eigenvalue weighted by Gasteiger charge is 2.32. The molecule has 33 heavy (non-hydrogen) atoms. The second kappa shape index (κ2) is 10.3. The molecule has 2 aromatic carbocycles. The van der Waals surface area contributed by atoms with Gasteiger partial charge in [0.25, 0.3) is 0 Å². The molecule has 0 aliphatic heterocycles. The van der Waals surface area contributed by atoms with E-state index in [0.717, 1.165) is 11.6 Å². The molecule has 3 N–H and O–H groups in total. The van der Waals surface area contributed by atoms with Gasteiger partial charge in [-0.25, -0.2) is 17.9 Å². The van der Waals surface area contributed by atoms with Gasteiger partial charge in [0.1, 0.15) is 5.75 Å². The van der Waals surface area contributed by atoms with Gasteiger partial charge in [0.05, 0.1) is 4.90 Å². The van der Waals surface area contributed by atoms with E-state index >= 15 is 0 Å². The van der Waals surface area contributed by atoms with E-state index in [2.05, 4.69) is 25.1 Å². The van der Waals surface area contributed by atoms with Crippen LogP contribution < -0.4 is 20.1 Å². The van der Waals surface area contributed by atoms with Crippen molar-refractivity contribution in [3.8, 4) is 5.75 Å². The van der Waals surface area contributed by atoms with Crippen molar-refractivity contribution in [3.63, 3.8) is 0 Å². The number of rotatable bonds is 8. The molecule has 8 nitrogen and oxygen atoms in total. The van der Waals surface area contributed by atoms with Crippen LogP contribution in [0, 0.1) is 0 Å². The molecule has 0 bridgehead atoms. The van der Waals surface area contributed by atoms with Gasteiger partial charge in [-0.1, -0.05) is 18.2 Å². The first-order valence-electron chi connectivity index (χ1n) is 9.49. The molecule has 0 saturated carbocycles. The van der Waals surface area contributed by atoms with Crippen molar-refractivity contribution < 1.29 is 31.1 Å². The van der Waals surface area contributed by atoms with Crippen LogP contribution in [0.4, 0.5) is 23.7 Å². The lowest BCUT2D eigenvalue weighted by molar-refractivity contribution is -0.274. The average Bonchev–Trinajstić information content (AvgIpc) is 2.77. The number of pyridine rings is 1. The lowest BCUT2D eigenvalue weighted by Crippen LogP contribution is -2.28. The van der Waals surface area contributed by atoms with E-state index < -0.39 is 34.7 Å². The zero-order valence-corrected chi connectivity index (χ0v) is 17.8. The molecule has 0 aliphatic rings. The fourth-order valence-corrected chi connectivity index (χ4v) is 3.71. The van der Waals surface area contributed by atoms with E-state index in [9.17, 15) is 26.4 Å². The largest absolute Gasteiger partial charge is 0.573 e. The van der Waals surface area contributed by atoms with E-state index in [4.69, 9.17) is 0 Å². The molecule has 0 atom stereocenters. The number of amides is 2. The maximum atomic E-state index is 12.5. The maximum Gasteiger partial charge on any atom is 0.573 e. The molecule has 3 rings (SSSR count). The van der Waals surface area contributed by atoms with Crippen molar-refractivity contribution in [2.45, 2.75) is 24.3 Å². The molecular weight excluding hydrogens is 461 g/mol. The first-order chi connectivity index (χ1) is 15.6. The fraction of sp³-hybridized carbons (Fsp3) is 0.143. The molecule has 174 valence electrons. The number of aromatic nitrogens is 1. The molecule has 0 saturated heterocycles. The minimum atomic E-state index is -4.90. The number of anilines is 1. The summed E-state index contributed by atoms with van der Waals surface area (Å²) in [5.41, 5.74) is 1.22. The van der Waals surface area contributed by atoms with Crippen LogP contribution in [0.25, 0.3) is 0 Å². The second-order valence-corrected chi connectivity index (χ2v) is 8.43. The molecule has 0 spiro atoms. The molecule has 0 fully saturated rings. The highest BCUT2D eigenvalue weighted by Crippen LogP contribution is 2.26. The minimum Gasteiger partial charge on any atom is -0.405 e. The van der Waals surface area contributed by atoms with E-state index in [1.54, 1.807) is 24.5 Å². The van der Waals surface area contributed by atoms with Gasteiger partial charge in [-0.05, 0) is 48.0 Å². The molecule has 0 aliphatic carbocycles. The van der Waals surface area contributed by atoms with Crippen LogP contribution in [-0.4, -0.2) is 25.8 Å². The minimum absolute atomic E-state index is 0.0163. The predicted molar refractivity (Wildman–Crippen MR) is 114 cm³/mol. The third kappa shape index (κ3) is 7.47. The highest BCUT2D eigenvalue weighted by atomic mass is 32.2. The van der Waals surface area contributed by atoms with Gasteiger partial charge in [-0.15, -0.1) is 13.2 Å². The number of carbonyl (C=O) groups excluding carboxylic acids is 1. The Labute approximate surface area is 187 Å². The summed E-state index contributed by atoms with van der Waals surface area (Å²) in [6.07, 6.45) is -1.70. The number of sulfonamides is 1. The maximum absolute atomic E-state index is 12.5. The number of nitrogens with one attached hydrogen (secondary N) is 3. The van der Waals surface area contributed by atoms with Crippen LogP contribution in [0.1, 0.15) is 11.1 Å². The molecule has 1 aromatic heterocycles.